The molecular weight excluding hydrogens is 307 g/mol. The number of hydrogen-bond acceptors (Lipinski definition) is 4. The predicted molar refractivity (Wildman–Crippen MR) is 75.0 cm³/mol. The first-order chi connectivity index (χ1) is 9.04. The summed E-state index contributed by atoms with van der Waals surface area (Å²) in [5.74, 6) is -0.482. The van der Waals surface area contributed by atoms with E-state index in [1.807, 2.05) is 0 Å². The molecule has 1 aromatic heterocycles. The van der Waals surface area contributed by atoms with E-state index in [2.05, 4.69) is 9.82 Å². The van der Waals surface area contributed by atoms with Crippen LogP contribution in [0.3, 0.4) is 0 Å². The Hall–Kier alpha value is -1.48. The van der Waals surface area contributed by atoms with E-state index in [9.17, 15) is 12.8 Å². The van der Waals surface area contributed by atoms with E-state index in [1.165, 1.54) is 23.0 Å². The molecule has 0 spiro atoms. The molecule has 9 heteroatoms. The normalized spacial score (nSPS) is 11.1. The number of hydrogen-bond donors (Lipinski definition) is 2. The molecule has 2 aromatic rings. The molecule has 0 fully saturated rings. The average Bonchev–Trinajstić information content (AvgIpc) is 2.87. The standard InChI is InChI=1S/C11H13FN4O2S.ClH/c12-10-3-1-2-4-11(10)16-8-9(7-14-16)19(17,18)15-6-5-13;/h1-4,7-8,15H,5-6,13H2;1H. The lowest BCUT2D eigenvalue weighted by Crippen LogP contribution is -2.28. The molecular formula is C11H14ClFN4O2S. The summed E-state index contributed by atoms with van der Waals surface area (Å²) in [5.41, 5.74) is 5.42. The number of aromatic nitrogens is 2. The van der Waals surface area contributed by atoms with E-state index in [-0.39, 0.29) is 36.1 Å². The van der Waals surface area contributed by atoms with Crippen molar-refractivity contribution in [2.24, 2.45) is 5.73 Å². The second-order valence-electron chi connectivity index (χ2n) is 3.76. The maximum atomic E-state index is 13.5. The van der Waals surface area contributed by atoms with Gasteiger partial charge in [-0.1, -0.05) is 12.1 Å². The molecule has 20 heavy (non-hydrogen) atoms. The van der Waals surface area contributed by atoms with Crippen LogP contribution in [0, 0.1) is 5.82 Å². The minimum atomic E-state index is -3.66. The first kappa shape index (κ1) is 16.6. The summed E-state index contributed by atoms with van der Waals surface area (Å²) in [5, 5.41) is 3.85. The number of nitrogens with two attached hydrogens (primary N) is 1. The molecule has 0 unspecified atom stereocenters. The molecule has 0 aliphatic carbocycles. The van der Waals surface area contributed by atoms with E-state index in [0.717, 1.165) is 6.20 Å². The van der Waals surface area contributed by atoms with Gasteiger partial charge in [0.1, 0.15) is 16.4 Å². The second kappa shape index (κ2) is 6.80. The van der Waals surface area contributed by atoms with Crippen LogP contribution < -0.4 is 10.5 Å². The summed E-state index contributed by atoms with van der Waals surface area (Å²) >= 11 is 0. The highest BCUT2D eigenvalue weighted by atomic mass is 35.5. The quantitative estimate of drug-likeness (QED) is 0.847. The molecule has 2 rings (SSSR count). The Morgan fingerprint density at radius 2 is 2.05 bits per heavy atom. The van der Waals surface area contributed by atoms with Gasteiger partial charge in [-0.25, -0.2) is 22.2 Å². The second-order valence-corrected chi connectivity index (χ2v) is 5.53. The van der Waals surface area contributed by atoms with Gasteiger partial charge >= 0.3 is 0 Å². The van der Waals surface area contributed by atoms with Crippen molar-refractivity contribution in [3.63, 3.8) is 0 Å². The lowest BCUT2D eigenvalue weighted by molar-refractivity contribution is 0.582. The van der Waals surface area contributed by atoms with Gasteiger partial charge in [0, 0.05) is 13.1 Å². The Kier molecular flexibility index (Phi) is 5.63. The van der Waals surface area contributed by atoms with Crippen molar-refractivity contribution in [2.45, 2.75) is 4.90 Å². The van der Waals surface area contributed by atoms with Crippen molar-refractivity contribution in [2.75, 3.05) is 13.1 Å². The molecule has 1 aromatic carbocycles. The number of halogens is 2. The van der Waals surface area contributed by atoms with Gasteiger partial charge in [0.25, 0.3) is 0 Å². The molecule has 0 saturated heterocycles. The number of nitrogens with zero attached hydrogens (tertiary/aromatic N) is 2. The van der Waals surface area contributed by atoms with Gasteiger partial charge in [-0.2, -0.15) is 5.10 Å². The van der Waals surface area contributed by atoms with Gasteiger partial charge in [0.05, 0.1) is 12.4 Å². The third-order valence-electron chi connectivity index (χ3n) is 2.40. The fourth-order valence-electron chi connectivity index (χ4n) is 1.49. The van der Waals surface area contributed by atoms with Crippen molar-refractivity contribution < 1.29 is 12.8 Å². The van der Waals surface area contributed by atoms with Gasteiger partial charge in [-0.15, -0.1) is 12.4 Å². The number of para-hydroxylation sites is 1. The van der Waals surface area contributed by atoms with Gasteiger partial charge in [-0.3, -0.25) is 0 Å². The first-order valence-corrected chi connectivity index (χ1v) is 7.02. The third kappa shape index (κ3) is 3.54. The monoisotopic (exact) mass is 320 g/mol. The third-order valence-corrected chi connectivity index (χ3v) is 3.82. The van der Waals surface area contributed by atoms with Crippen molar-refractivity contribution in [3.05, 3.63) is 42.5 Å². The zero-order valence-corrected chi connectivity index (χ0v) is 12.0. The van der Waals surface area contributed by atoms with Crippen LogP contribution in [-0.4, -0.2) is 31.3 Å². The maximum absolute atomic E-state index is 13.5. The largest absolute Gasteiger partial charge is 0.329 e. The SMILES string of the molecule is Cl.NCCNS(=O)(=O)c1cnn(-c2ccccc2F)c1. The van der Waals surface area contributed by atoms with Crippen LogP contribution in [0.5, 0.6) is 0 Å². The topological polar surface area (TPSA) is 90.0 Å². The van der Waals surface area contributed by atoms with Crippen molar-refractivity contribution in [1.29, 1.82) is 0 Å². The Morgan fingerprint density at radius 1 is 1.35 bits per heavy atom. The van der Waals surface area contributed by atoms with E-state index < -0.39 is 15.8 Å². The molecule has 0 aliphatic rings. The van der Waals surface area contributed by atoms with Crippen molar-refractivity contribution in [3.8, 4) is 5.69 Å². The van der Waals surface area contributed by atoms with Gasteiger partial charge in [0.15, 0.2) is 0 Å². The highest BCUT2D eigenvalue weighted by Crippen LogP contribution is 2.14. The molecule has 0 radical (unpaired) electrons. The Bertz CT molecular complexity index is 675. The molecule has 0 amide bonds. The van der Waals surface area contributed by atoms with Crippen LogP contribution in [0.2, 0.25) is 0 Å². The molecule has 3 N–H and O–H groups in total. The number of rotatable bonds is 5. The van der Waals surface area contributed by atoms with E-state index in [0.29, 0.717) is 0 Å². The van der Waals surface area contributed by atoms with Crippen LogP contribution in [0.1, 0.15) is 0 Å². The first-order valence-electron chi connectivity index (χ1n) is 5.54. The summed E-state index contributed by atoms with van der Waals surface area (Å²) in [6.45, 7) is 0.327. The van der Waals surface area contributed by atoms with Crippen LogP contribution in [-0.2, 0) is 10.0 Å². The van der Waals surface area contributed by atoms with Crippen LogP contribution >= 0.6 is 12.4 Å². The predicted octanol–water partition coefficient (Wildman–Crippen LogP) is 0.670. The molecule has 0 saturated carbocycles. The summed E-state index contributed by atoms with van der Waals surface area (Å²) in [7, 11) is -3.66. The zero-order chi connectivity index (χ0) is 13.9. The van der Waals surface area contributed by atoms with Crippen LogP contribution in [0.15, 0.2) is 41.6 Å². The van der Waals surface area contributed by atoms with E-state index in [1.54, 1.807) is 12.1 Å². The lowest BCUT2D eigenvalue weighted by Gasteiger charge is -2.03. The molecule has 1 heterocycles. The fraction of sp³-hybridized carbons (Fsp3) is 0.182. The number of sulfonamides is 1. The minimum absolute atomic E-state index is 0. The summed E-state index contributed by atoms with van der Waals surface area (Å²) in [6, 6.07) is 5.97. The highest BCUT2D eigenvalue weighted by molar-refractivity contribution is 7.89. The van der Waals surface area contributed by atoms with Crippen LogP contribution in [0.4, 0.5) is 4.39 Å². The average molecular weight is 321 g/mol. The van der Waals surface area contributed by atoms with Gasteiger partial charge < -0.3 is 5.73 Å². The van der Waals surface area contributed by atoms with Crippen LogP contribution in [0.25, 0.3) is 5.69 Å². The maximum Gasteiger partial charge on any atom is 0.243 e. The Morgan fingerprint density at radius 3 is 2.70 bits per heavy atom. The lowest BCUT2D eigenvalue weighted by atomic mass is 10.3. The molecule has 110 valence electrons. The Labute approximate surface area is 122 Å². The highest BCUT2D eigenvalue weighted by Gasteiger charge is 2.16. The van der Waals surface area contributed by atoms with Gasteiger partial charge in [-0.05, 0) is 12.1 Å². The molecule has 6 nitrogen and oxygen atoms in total. The molecule has 0 aliphatic heterocycles. The molecule has 0 atom stereocenters. The van der Waals surface area contributed by atoms with Crippen molar-refractivity contribution in [1.82, 2.24) is 14.5 Å². The Balaban J connectivity index is 0.00000200. The zero-order valence-electron chi connectivity index (χ0n) is 10.4. The number of nitrogens with one attached hydrogen (secondary N) is 1. The smallest absolute Gasteiger partial charge is 0.243 e. The summed E-state index contributed by atoms with van der Waals surface area (Å²) in [6.07, 6.45) is 2.41. The summed E-state index contributed by atoms with van der Waals surface area (Å²) < 4.78 is 40.6. The van der Waals surface area contributed by atoms with Crippen molar-refractivity contribution >= 4 is 22.4 Å². The van der Waals surface area contributed by atoms with E-state index >= 15 is 0 Å². The number of benzene rings is 1. The minimum Gasteiger partial charge on any atom is -0.329 e. The fourth-order valence-corrected chi connectivity index (χ4v) is 2.47. The molecule has 0 bridgehead atoms. The summed E-state index contributed by atoms with van der Waals surface area (Å²) in [4.78, 5) is -0.0378. The van der Waals surface area contributed by atoms with Gasteiger partial charge in [0.2, 0.25) is 10.0 Å². The van der Waals surface area contributed by atoms with E-state index in [4.69, 9.17) is 5.73 Å².